The van der Waals surface area contributed by atoms with E-state index in [1.54, 1.807) is 0 Å². The molecule has 0 atom stereocenters. The summed E-state index contributed by atoms with van der Waals surface area (Å²) in [6.45, 7) is 4.88. The standard InChI is InChI=1S/C14H19IN2O/c1-11-6-8-17(9-7-11)10-14(18)16-13-5-3-2-4-12(13)15/h2-5,11H,6-10H2,1H3,(H,16,18). The van der Waals surface area contributed by atoms with E-state index in [0.29, 0.717) is 6.54 Å². The Morgan fingerprint density at radius 3 is 2.72 bits per heavy atom. The van der Waals surface area contributed by atoms with Crippen molar-refractivity contribution in [2.75, 3.05) is 25.0 Å². The fourth-order valence-electron chi connectivity index (χ4n) is 2.18. The molecule has 1 aliphatic heterocycles. The smallest absolute Gasteiger partial charge is 0.238 e. The van der Waals surface area contributed by atoms with Crippen LogP contribution in [-0.2, 0) is 4.79 Å². The lowest BCUT2D eigenvalue weighted by Crippen LogP contribution is -2.38. The van der Waals surface area contributed by atoms with Crippen molar-refractivity contribution < 1.29 is 4.79 Å². The molecular weight excluding hydrogens is 339 g/mol. The summed E-state index contributed by atoms with van der Waals surface area (Å²) in [6.07, 6.45) is 2.41. The molecule has 1 amide bonds. The highest BCUT2D eigenvalue weighted by molar-refractivity contribution is 14.1. The van der Waals surface area contributed by atoms with Gasteiger partial charge in [-0.05, 0) is 66.6 Å². The summed E-state index contributed by atoms with van der Waals surface area (Å²) in [5, 5.41) is 2.98. The summed E-state index contributed by atoms with van der Waals surface area (Å²) in [4.78, 5) is 14.2. The van der Waals surface area contributed by atoms with E-state index in [0.717, 1.165) is 28.3 Å². The number of benzene rings is 1. The lowest BCUT2D eigenvalue weighted by molar-refractivity contribution is -0.117. The Kier molecular flexibility index (Phi) is 5.00. The summed E-state index contributed by atoms with van der Waals surface area (Å²) in [5.41, 5.74) is 0.911. The van der Waals surface area contributed by atoms with Crippen LogP contribution in [0.1, 0.15) is 19.8 Å². The van der Waals surface area contributed by atoms with E-state index in [-0.39, 0.29) is 5.91 Å². The third-order valence-electron chi connectivity index (χ3n) is 3.39. The van der Waals surface area contributed by atoms with Gasteiger partial charge >= 0.3 is 0 Å². The molecule has 1 aliphatic rings. The van der Waals surface area contributed by atoms with Gasteiger partial charge in [-0.15, -0.1) is 0 Å². The first kappa shape index (κ1) is 13.8. The number of anilines is 1. The van der Waals surface area contributed by atoms with Crippen molar-refractivity contribution in [1.82, 2.24) is 4.90 Å². The molecule has 0 aromatic heterocycles. The van der Waals surface area contributed by atoms with Crippen LogP contribution >= 0.6 is 22.6 Å². The summed E-state index contributed by atoms with van der Waals surface area (Å²) >= 11 is 2.24. The lowest BCUT2D eigenvalue weighted by atomic mass is 9.99. The van der Waals surface area contributed by atoms with E-state index in [9.17, 15) is 4.79 Å². The maximum Gasteiger partial charge on any atom is 0.238 e. The second kappa shape index (κ2) is 6.52. The Morgan fingerprint density at radius 2 is 2.06 bits per heavy atom. The van der Waals surface area contributed by atoms with E-state index in [2.05, 4.69) is 39.7 Å². The van der Waals surface area contributed by atoms with Gasteiger partial charge in [0.2, 0.25) is 5.91 Å². The van der Waals surface area contributed by atoms with Crippen LogP contribution in [0, 0.1) is 9.49 Å². The molecule has 3 nitrogen and oxygen atoms in total. The molecule has 1 saturated heterocycles. The molecule has 0 bridgehead atoms. The minimum absolute atomic E-state index is 0.0914. The van der Waals surface area contributed by atoms with Gasteiger partial charge in [0, 0.05) is 3.57 Å². The number of carbonyl (C=O) groups excluding carboxylic acids is 1. The fourth-order valence-corrected chi connectivity index (χ4v) is 2.70. The van der Waals surface area contributed by atoms with Crippen molar-refractivity contribution >= 4 is 34.2 Å². The predicted octanol–water partition coefficient (Wildman–Crippen LogP) is 2.96. The number of likely N-dealkylation sites (tertiary alicyclic amines) is 1. The number of hydrogen-bond donors (Lipinski definition) is 1. The van der Waals surface area contributed by atoms with Crippen LogP contribution < -0.4 is 5.32 Å². The van der Waals surface area contributed by atoms with E-state index < -0.39 is 0 Å². The van der Waals surface area contributed by atoms with Gasteiger partial charge in [0.05, 0.1) is 12.2 Å². The summed E-state index contributed by atoms with van der Waals surface area (Å²) in [7, 11) is 0. The molecule has 0 spiro atoms. The predicted molar refractivity (Wildman–Crippen MR) is 82.6 cm³/mol. The van der Waals surface area contributed by atoms with Crippen molar-refractivity contribution in [2.24, 2.45) is 5.92 Å². The van der Waals surface area contributed by atoms with E-state index in [1.165, 1.54) is 12.8 Å². The number of rotatable bonds is 3. The second-order valence-corrected chi connectivity index (χ2v) is 6.15. The van der Waals surface area contributed by atoms with E-state index in [4.69, 9.17) is 0 Å². The topological polar surface area (TPSA) is 32.3 Å². The maximum absolute atomic E-state index is 12.0. The van der Waals surface area contributed by atoms with Gasteiger partial charge in [-0.2, -0.15) is 0 Å². The summed E-state index contributed by atoms with van der Waals surface area (Å²) < 4.78 is 1.08. The third kappa shape index (κ3) is 3.95. The highest BCUT2D eigenvalue weighted by Gasteiger charge is 2.18. The molecule has 2 rings (SSSR count). The van der Waals surface area contributed by atoms with Gasteiger partial charge in [-0.1, -0.05) is 19.1 Å². The number of nitrogens with one attached hydrogen (secondary N) is 1. The molecule has 0 aliphatic carbocycles. The molecule has 0 unspecified atom stereocenters. The highest BCUT2D eigenvalue weighted by Crippen LogP contribution is 2.18. The maximum atomic E-state index is 12.0. The van der Waals surface area contributed by atoms with Crippen molar-refractivity contribution in [3.8, 4) is 0 Å². The van der Waals surface area contributed by atoms with Gasteiger partial charge in [-0.25, -0.2) is 0 Å². The molecule has 1 aromatic carbocycles. The van der Waals surface area contributed by atoms with Gasteiger partial charge in [0.15, 0.2) is 0 Å². The first-order chi connectivity index (χ1) is 8.65. The number of para-hydroxylation sites is 1. The zero-order valence-electron chi connectivity index (χ0n) is 10.7. The van der Waals surface area contributed by atoms with Crippen molar-refractivity contribution in [3.05, 3.63) is 27.8 Å². The Hall–Kier alpha value is -0.620. The van der Waals surface area contributed by atoms with E-state index in [1.807, 2.05) is 24.3 Å². The molecule has 1 aromatic rings. The Morgan fingerprint density at radius 1 is 1.39 bits per heavy atom. The molecule has 4 heteroatoms. The fraction of sp³-hybridized carbons (Fsp3) is 0.500. The van der Waals surface area contributed by atoms with Crippen LogP contribution in [0.5, 0.6) is 0 Å². The van der Waals surface area contributed by atoms with Gasteiger partial charge < -0.3 is 5.32 Å². The number of halogens is 1. The Balaban J connectivity index is 1.84. The normalized spacial score (nSPS) is 17.7. The van der Waals surface area contributed by atoms with Crippen LogP contribution in [0.25, 0.3) is 0 Å². The minimum atomic E-state index is 0.0914. The molecule has 0 radical (unpaired) electrons. The zero-order valence-corrected chi connectivity index (χ0v) is 12.8. The Labute approximate surface area is 122 Å². The molecule has 18 heavy (non-hydrogen) atoms. The lowest BCUT2D eigenvalue weighted by Gasteiger charge is -2.29. The average molecular weight is 358 g/mol. The zero-order chi connectivity index (χ0) is 13.0. The van der Waals surface area contributed by atoms with Crippen molar-refractivity contribution in [3.63, 3.8) is 0 Å². The van der Waals surface area contributed by atoms with Gasteiger partial charge in [0.1, 0.15) is 0 Å². The van der Waals surface area contributed by atoms with Crippen LogP contribution in [-0.4, -0.2) is 30.4 Å². The first-order valence-corrected chi connectivity index (χ1v) is 7.50. The quantitative estimate of drug-likeness (QED) is 0.843. The summed E-state index contributed by atoms with van der Waals surface area (Å²) in [6, 6.07) is 7.86. The minimum Gasteiger partial charge on any atom is -0.324 e. The molecule has 1 fully saturated rings. The summed E-state index contributed by atoms with van der Waals surface area (Å²) in [5.74, 6) is 0.896. The number of piperidine rings is 1. The van der Waals surface area contributed by atoms with Crippen LogP contribution in [0.15, 0.2) is 24.3 Å². The Bertz CT molecular complexity index is 414. The number of amides is 1. The highest BCUT2D eigenvalue weighted by atomic mass is 127. The number of nitrogens with zero attached hydrogens (tertiary/aromatic N) is 1. The van der Waals surface area contributed by atoms with Crippen LogP contribution in [0.2, 0.25) is 0 Å². The van der Waals surface area contributed by atoms with Gasteiger partial charge in [0.25, 0.3) is 0 Å². The van der Waals surface area contributed by atoms with Crippen LogP contribution in [0.4, 0.5) is 5.69 Å². The third-order valence-corrected chi connectivity index (χ3v) is 4.33. The molecule has 1 N–H and O–H groups in total. The van der Waals surface area contributed by atoms with Crippen molar-refractivity contribution in [1.29, 1.82) is 0 Å². The van der Waals surface area contributed by atoms with Crippen molar-refractivity contribution in [2.45, 2.75) is 19.8 Å². The van der Waals surface area contributed by atoms with Gasteiger partial charge in [-0.3, -0.25) is 9.69 Å². The van der Waals surface area contributed by atoms with E-state index >= 15 is 0 Å². The molecular formula is C14H19IN2O. The monoisotopic (exact) mass is 358 g/mol. The van der Waals surface area contributed by atoms with Crippen LogP contribution in [0.3, 0.4) is 0 Å². The second-order valence-electron chi connectivity index (χ2n) is 4.99. The SMILES string of the molecule is CC1CCN(CC(=O)Nc2ccccc2I)CC1. The molecule has 0 saturated carbocycles. The molecule has 1 heterocycles. The molecule has 98 valence electrons. The number of hydrogen-bond acceptors (Lipinski definition) is 2. The first-order valence-electron chi connectivity index (χ1n) is 6.42. The number of carbonyl (C=O) groups is 1. The largest absolute Gasteiger partial charge is 0.324 e. The average Bonchev–Trinajstić information content (AvgIpc) is 2.35.